The van der Waals surface area contributed by atoms with E-state index in [2.05, 4.69) is 23.8 Å². The first-order valence-electron chi connectivity index (χ1n) is 6.92. The van der Waals surface area contributed by atoms with Crippen molar-refractivity contribution in [3.8, 4) is 0 Å². The molecule has 18 heavy (non-hydrogen) atoms. The molecule has 4 nitrogen and oxygen atoms in total. The van der Waals surface area contributed by atoms with Crippen LogP contribution >= 0.6 is 0 Å². The highest BCUT2D eigenvalue weighted by Crippen LogP contribution is 2.23. The van der Waals surface area contributed by atoms with Crippen LogP contribution in [-0.4, -0.2) is 49.1 Å². The molecule has 0 saturated carbocycles. The smallest absolute Gasteiger partial charge is 0.0950 e. The van der Waals surface area contributed by atoms with Gasteiger partial charge in [0.15, 0.2) is 0 Å². The summed E-state index contributed by atoms with van der Waals surface area (Å²) in [6, 6.07) is 2.96. The van der Waals surface area contributed by atoms with Gasteiger partial charge in [-0.05, 0) is 39.0 Å². The van der Waals surface area contributed by atoms with Crippen molar-refractivity contribution in [2.45, 2.75) is 31.8 Å². The Balaban J connectivity index is 1.95. The minimum absolute atomic E-state index is 0.267. The summed E-state index contributed by atoms with van der Waals surface area (Å²) in [5.41, 5.74) is 7.09. The Morgan fingerprint density at radius 2 is 2.44 bits per heavy atom. The first-order chi connectivity index (χ1) is 8.76. The second-order valence-corrected chi connectivity index (χ2v) is 5.17. The molecule has 0 bridgehead atoms. The van der Waals surface area contributed by atoms with Gasteiger partial charge in [0.1, 0.15) is 0 Å². The summed E-state index contributed by atoms with van der Waals surface area (Å²) in [4.78, 5) is 4.93. The van der Waals surface area contributed by atoms with Crippen LogP contribution in [0.3, 0.4) is 0 Å². The molecule has 0 amide bonds. The van der Waals surface area contributed by atoms with Crippen LogP contribution in [0.5, 0.6) is 0 Å². The molecular weight excluding hydrogens is 226 g/mol. The fourth-order valence-electron chi connectivity index (χ4n) is 3.01. The molecule has 1 fully saturated rings. The minimum atomic E-state index is 0.267. The van der Waals surface area contributed by atoms with Crippen molar-refractivity contribution in [2.75, 3.05) is 33.2 Å². The first-order valence-corrected chi connectivity index (χ1v) is 6.92. The molecule has 0 spiro atoms. The number of nitrogens with zero attached hydrogens (tertiary/aromatic N) is 2. The summed E-state index contributed by atoms with van der Waals surface area (Å²) >= 11 is 0. The molecule has 102 valence electrons. The number of nitrogens with two attached hydrogens (primary N) is 1. The molecule has 1 aromatic heterocycles. The van der Waals surface area contributed by atoms with Gasteiger partial charge < -0.3 is 10.2 Å². The fraction of sp³-hybridized carbons (Fsp3) is 0.714. The van der Waals surface area contributed by atoms with Crippen LogP contribution in [0.1, 0.15) is 31.4 Å². The van der Waals surface area contributed by atoms with E-state index < -0.39 is 0 Å². The molecule has 0 radical (unpaired) electrons. The second kappa shape index (κ2) is 6.36. The van der Waals surface area contributed by atoms with Gasteiger partial charge in [-0.1, -0.05) is 6.92 Å². The molecule has 2 rings (SSSR count). The summed E-state index contributed by atoms with van der Waals surface area (Å²) in [6.07, 6.45) is 6.16. The van der Waals surface area contributed by atoms with Crippen LogP contribution in [-0.2, 0) is 0 Å². The maximum absolute atomic E-state index is 5.91. The Labute approximate surface area is 110 Å². The summed E-state index contributed by atoms with van der Waals surface area (Å²) in [5, 5.41) is 0. The number of likely N-dealkylation sites (tertiary alicyclic amines) is 1. The number of furan rings is 1. The lowest BCUT2D eigenvalue weighted by Gasteiger charge is -2.32. The van der Waals surface area contributed by atoms with E-state index in [1.54, 1.807) is 12.5 Å². The number of hydrogen-bond acceptors (Lipinski definition) is 4. The fourth-order valence-corrected chi connectivity index (χ4v) is 3.01. The van der Waals surface area contributed by atoms with Gasteiger partial charge in [-0.2, -0.15) is 0 Å². The van der Waals surface area contributed by atoms with Gasteiger partial charge in [0.05, 0.1) is 12.5 Å². The quantitative estimate of drug-likeness (QED) is 0.836. The van der Waals surface area contributed by atoms with E-state index in [1.165, 1.54) is 24.9 Å². The van der Waals surface area contributed by atoms with Gasteiger partial charge in [0.25, 0.3) is 0 Å². The maximum Gasteiger partial charge on any atom is 0.0950 e. The molecule has 2 heterocycles. The standard InChI is InChI=1S/C14H25N3O/c1-3-17-7-4-5-13(17)10-16(2)14(9-15)12-6-8-18-11-12/h6,8,11,13-14H,3-5,7,9-10,15H2,1-2H3. The lowest BCUT2D eigenvalue weighted by atomic mass is 10.1. The topological polar surface area (TPSA) is 45.6 Å². The molecule has 2 unspecified atom stereocenters. The Kier molecular flexibility index (Phi) is 4.80. The van der Waals surface area contributed by atoms with Gasteiger partial charge in [-0.25, -0.2) is 0 Å². The lowest BCUT2D eigenvalue weighted by Crippen LogP contribution is -2.41. The molecule has 1 saturated heterocycles. The van der Waals surface area contributed by atoms with E-state index in [-0.39, 0.29) is 6.04 Å². The number of rotatable bonds is 6. The summed E-state index contributed by atoms with van der Waals surface area (Å²) in [7, 11) is 2.16. The van der Waals surface area contributed by atoms with E-state index in [0.29, 0.717) is 12.6 Å². The zero-order valence-electron chi connectivity index (χ0n) is 11.5. The SMILES string of the molecule is CCN1CCCC1CN(C)C(CN)c1ccoc1. The van der Waals surface area contributed by atoms with Gasteiger partial charge >= 0.3 is 0 Å². The number of likely N-dealkylation sites (N-methyl/N-ethyl adjacent to an activating group) is 2. The van der Waals surface area contributed by atoms with Crippen LogP contribution in [0.4, 0.5) is 0 Å². The van der Waals surface area contributed by atoms with E-state index in [9.17, 15) is 0 Å². The number of hydrogen-bond donors (Lipinski definition) is 1. The van der Waals surface area contributed by atoms with Gasteiger partial charge in [-0.15, -0.1) is 0 Å². The molecule has 1 aromatic rings. The molecule has 4 heteroatoms. The molecule has 1 aliphatic rings. The minimum Gasteiger partial charge on any atom is -0.472 e. The third kappa shape index (κ3) is 2.94. The van der Waals surface area contributed by atoms with Crippen molar-refractivity contribution in [2.24, 2.45) is 5.73 Å². The molecular formula is C14H25N3O. The highest BCUT2D eigenvalue weighted by Gasteiger charge is 2.26. The lowest BCUT2D eigenvalue weighted by molar-refractivity contribution is 0.165. The average molecular weight is 251 g/mol. The zero-order valence-corrected chi connectivity index (χ0v) is 11.5. The summed E-state index contributed by atoms with van der Waals surface area (Å²) in [6.45, 7) is 6.36. The Bertz CT molecular complexity index is 339. The van der Waals surface area contributed by atoms with Crippen LogP contribution in [0.15, 0.2) is 23.0 Å². The summed E-state index contributed by atoms with van der Waals surface area (Å²) in [5.74, 6) is 0. The third-order valence-corrected chi connectivity index (χ3v) is 4.09. The van der Waals surface area contributed by atoms with E-state index in [1.807, 2.05) is 6.07 Å². The predicted molar refractivity (Wildman–Crippen MR) is 73.4 cm³/mol. The monoisotopic (exact) mass is 251 g/mol. The average Bonchev–Trinajstić information content (AvgIpc) is 3.01. The van der Waals surface area contributed by atoms with E-state index in [0.717, 1.165) is 13.1 Å². The van der Waals surface area contributed by atoms with Gasteiger partial charge in [0.2, 0.25) is 0 Å². The first kappa shape index (κ1) is 13.6. The normalized spacial score (nSPS) is 22.8. The van der Waals surface area contributed by atoms with Crippen molar-refractivity contribution in [1.29, 1.82) is 0 Å². The zero-order chi connectivity index (χ0) is 13.0. The third-order valence-electron chi connectivity index (χ3n) is 4.09. The van der Waals surface area contributed by atoms with Crippen molar-refractivity contribution in [1.82, 2.24) is 9.80 Å². The van der Waals surface area contributed by atoms with Gasteiger partial charge in [0, 0.05) is 30.7 Å². The van der Waals surface area contributed by atoms with Crippen LogP contribution in [0.2, 0.25) is 0 Å². The van der Waals surface area contributed by atoms with E-state index >= 15 is 0 Å². The molecule has 2 atom stereocenters. The maximum atomic E-state index is 5.91. The second-order valence-electron chi connectivity index (χ2n) is 5.17. The van der Waals surface area contributed by atoms with Crippen LogP contribution < -0.4 is 5.73 Å². The Hall–Kier alpha value is -0.840. The molecule has 0 aliphatic carbocycles. The molecule has 0 aromatic carbocycles. The van der Waals surface area contributed by atoms with E-state index in [4.69, 9.17) is 10.2 Å². The van der Waals surface area contributed by atoms with Crippen molar-refractivity contribution in [3.63, 3.8) is 0 Å². The Morgan fingerprint density at radius 3 is 3.06 bits per heavy atom. The van der Waals surface area contributed by atoms with Crippen molar-refractivity contribution >= 4 is 0 Å². The Morgan fingerprint density at radius 1 is 1.61 bits per heavy atom. The van der Waals surface area contributed by atoms with Crippen LogP contribution in [0, 0.1) is 0 Å². The van der Waals surface area contributed by atoms with Gasteiger partial charge in [-0.3, -0.25) is 9.80 Å². The van der Waals surface area contributed by atoms with Crippen LogP contribution in [0.25, 0.3) is 0 Å². The van der Waals surface area contributed by atoms with Crippen molar-refractivity contribution < 1.29 is 4.42 Å². The predicted octanol–water partition coefficient (Wildman–Crippen LogP) is 1.70. The molecule has 1 aliphatic heterocycles. The van der Waals surface area contributed by atoms with Crippen molar-refractivity contribution in [3.05, 3.63) is 24.2 Å². The highest BCUT2D eigenvalue weighted by molar-refractivity contribution is 5.12. The highest BCUT2D eigenvalue weighted by atomic mass is 16.3. The molecule has 2 N–H and O–H groups in total. The largest absolute Gasteiger partial charge is 0.472 e. The summed E-state index contributed by atoms with van der Waals surface area (Å²) < 4.78 is 5.17.